The summed E-state index contributed by atoms with van der Waals surface area (Å²) < 4.78 is 17.3. The quantitative estimate of drug-likeness (QED) is 0.381. The lowest BCUT2D eigenvalue weighted by Crippen LogP contribution is -2.78. The van der Waals surface area contributed by atoms with Gasteiger partial charge in [0.1, 0.15) is 18.3 Å². The molecule has 12 atom stereocenters. The van der Waals surface area contributed by atoms with Crippen LogP contribution in [0.4, 0.5) is 0 Å². The minimum absolute atomic E-state index is 0.103. The van der Waals surface area contributed by atoms with Crippen LogP contribution < -0.4 is 0 Å². The summed E-state index contributed by atoms with van der Waals surface area (Å²) in [7, 11) is 0. The SMILES string of the molecule is CC1=CC(=O)[C@@H](O)[C@]2(C)[C@H]3[C@]4(O)OC[C@]35[C@H]([C@@H](C)[C@H]4O)[C@@H](OC(=O)[C@@H](C)CO)C(=O)O[C@@H]5C[C@@H]12. The van der Waals surface area contributed by atoms with Crippen LogP contribution in [-0.4, -0.2) is 81.6 Å². The van der Waals surface area contributed by atoms with Gasteiger partial charge in [0.15, 0.2) is 11.6 Å². The highest BCUT2D eigenvalue weighted by atomic mass is 16.7. The van der Waals surface area contributed by atoms with Crippen molar-refractivity contribution in [3.05, 3.63) is 11.6 Å². The van der Waals surface area contributed by atoms with Crippen LogP contribution in [0.2, 0.25) is 0 Å². The summed E-state index contributed by atoms with van der Waals surface area (Å²) in [6.07, 6.45) is -3.42. The zero-order valence-electron chi connectivity index (χ0n) is 19.6. The Morgan fingerprint density at radius 1 is 1.32 bits per heavy atom. The molecule has 3 aliphatic carbocycles. The van der Waals surface area contributed by atoms with E-state index in [0.29, 0.717) is 5.57 Å². The van der Waals surface area contributed by atoms with E-state index in [4.69, 9.17) is 14.2 Å². The van der Waals surface area contributed by atoms with Crippen molar-refractivity contribution in [2.75, 3.05) is 13.2 Å². The molecule has 0 aromatic carbocycles. The number of ketones is 1. The number of ether oxygens (including phenoxy) is 3. The van der Waals surface area contributed by atoms with E-state index in [0.717, 1.165) is 0 Å². The normalized spacial score (nSPS) is 52.2. The van der Waals surface area contributed by atoms with Crippen molar-refractivity contribution in [2.45, 2.75) is 64.3 Å². The van der Waals surface area contributed by atoms with Gasteiger partial charge in [0, 0.05) is 22.7 Å². The lowest BCUT2D eigenvalue weighted by atomic mass is 9.38. The molecule has 0 aromatic rings. The molecule has 10 nitrogen and oxygen atoms in total. The first kappa shape index (κ1) is 23.9. The summed E-state index contributed by atoms with van der Waals surface area (Å²) in [5, 5.41) is 43.6. The lowest BCUT2D eigenvalue weighted by Gasteiger charge is -2.68. The Bertz CT molecular complexity index is 977. The first-order valence-corrected chi connectivity index (χ1v) is 11.8. The number of hydrogen-bond acceptors (Lipinski definition) is 10. The van der Waals surface area contributed by atoms with E-state index in [9.17, 15) is 34.8 Å². The van der Waals surface area contributed by atoms with Crippen LogP contribution in [0.5, 0.6) is 0 Å². The van der Waals surface area contributed by atoms with Crippen LogP contribution in [0.1, 0.15) is 34.1 Å². The largest absolute Gasteiger partial charge is 0.459 e. The van der Waals surface area contributed by atoms with Gasteiger partial charge in [-0.3, -0.25) is 9.59 Å². The maximum absolute atomic E-state index is 13.2. The maximum atomic E-state index is 13.2. The highest BCUT2D eigenvalue weighted by Gasteiger charge is 2.83. The van der Waals surface area contributed by atoms with Gasteiger partial charge in [0.25, 0.3) is 0 Å². The maximum Gasteiger partial charge on any atom is 0.348 e. The Balaban J connectivity index is 1.69. The number of carbonyl (C=O) groups is 3. The van der Waals surface area contributed by atoms with Gasteiger partial charge < -0.3 is 34.6 Å². The molecule has 34 heavy (non-hydrogen) atoms. The predicted molar refractivity (Wildman–Crippen MR) is 112 cm³/mol. The van der Waals surface area contributed by atoms with Gasteiger partial charge in [-0.05, 0) is 38.2 Å². The van der Waals surface area contributed by atoms with Gasteiger partial charge in [-0.1, -0.05) is 19.4 Å². The molecular formula is C24H32O10. The summed E-state index contributed by atoms with van der Waals surface area (Å²) in [6.45, 7) is 6.02. The molecule has 10 heteroatoms. The first-order chi connectivity index (χ1) is 15.8. The van der Waals surface area contributed by atoms with E-state index in [2.05, 4.69) is 0 Å². The van der Waals surface area contributed by atoms with Gasteiger partial charge in [0.2, 0.25) is 6.10 Å². The van der Waals surface area contributed by atoms with Crippen LogP contribution in [-0.2, 0) is 28.6 Å². The fraction of sp³-hybridized carbons (Fsp3) is 0.792. The van der Waals surface area contributed by atoms with Gasteiger partial charge >= 0.3 is 11.9 Å². The predicted octanol–water partition coefficient (Wildman–Crippen LogP) is -0.684. The van der Waals surface area contributed by atoms with E-state index in [-0.39, 0.29) is 13.0 Å². The van der Waals surface area contributed by atoms with E-state index in [1.165, 1.54) is 13.0 Å². The van der Waals surface area contributed by atoms with Crippen LogP contribution in [0.3, 0.4) is 0 Å². The Kier molecular flexibility index (Phi) is 5.15. The van der Waals surface area contributed by atoms with Gasteiger partial charge in [-0.25, -0.2) is 4.79 Å². The molecule has 2 saturated carbocycles. The number of esters is 2. The molecule has 0 unspecified atom stereocenters. The molecule has 0 aromatic heterocycles. The van der Waals surface area contributed by atoms with Crippen molar-refractivity contribution >= 4 is 17.7 Å². The number of aliphatic hydroxyl groups is 4. The third-order valence-electron chi connectivity index (χ3n) is 9.55. The van der Waals surface area contributed by atoms with Crippen LogP contribution >= 0.6 is 0 Å². The van der Waals surface area contributed by atoms with Gasteiger partial charge in [-0.15, -0.1) is 0 Å². The summed E-state index contributed by atoms with van der Waals surface area (Å²) >= 11 is 0. The zero-order chi connectivity index (χ0) is 25.0. The monoisotopic (exact) mass is 480 g/mol. The average molecular weight is 481 g/mol. The Morgan fingerprint density at radius 3 is 2.65 bits per heavy atom. The van der Waals surface area contributed by atoms with E-state index >= 15 is 0 Å². The fourth-order valence-corrected chi connectivity index (χ4v) is 8.05. The highest BCUT2D eigenvalue weighted by molar-refractivity contribution is 5.96. The molecular weight excluding hydrogens is 448 g/mol. The third kappa shape index (κ3) is 2.61. The zero-order valence-corrected chi connectivity index (χ0v) is 19.6. The lowest BCUT2D eigenvalue weighted by molar-refractivity contribution is -0.340. The third-order valence-corrected chi connectivity index (χ3v) is 9.55. The summed E-state index contributed by atoms with van der Waals surface area (Å²) in [5.74, 6) is -7.96. The van der Waals surface area contributed by atoms with E-state index < -0.39 is 95.0 Å². The molecule has 1 spiro atoms. The number of fused-ring (bicyclic) bond motifs is 1. The standard InChI is InChI=1S/C24H32O10/c1-9-5-13(26)18(28)22(4)12(9)6-14-23-8-32-24(31,21(22)23)17(27)11(3)15(23)16(20(30)33-14)34-19(29)10(2)7-25/h5,10-12,14-18,21,25,27-28,31H,6-8H2,1-4H3/t10-,11+,12-,14+,15+,16+,17+,18+,21+,22+,23-,24+/m0/s1. The molecule has 2 bridgehead atoms. The van der Waals surface area contributed by atoms with Crippen molar-refractivity contribution in [1.82, 2.24) is 0 Å². The molecule has 0 radical (unpaired) electrons. The van der Waals surface area contributed by atoms with Gasteiger partial charge in [-0.2, -0.15) is 0 Å². The second kappa shape index (κ2) is 7.33. The molecule has 4 fully saturated rings. The molecule has 188 valence electrons. The minimum Gasteiger partial charge on any atom is -0.459 e. The molecule has 5 aliphatic rings. The highest BCUT2D eigenvalue weighted by Crippen LogP contribution is 2.73. The molecule has 2 heterocycles. The smallest absolute Gasteiger partial charge is 0.348 e. The fourth-order valence-electron chi connectivity index (χ4n) is 8.05. The van der Waals surface area contributed by atoms with Crippen molar-refractivity contribution in [3.8, 4) is 0 Å². The van der Waals surface area contributed by atoms with Crippen LogP contribution in [0, 0.1) is 40.4 Å². The summed E-state index contributed by atoms with van der Waals surface area (Å²) in [5.41, 5.74) is -1.64. The molecule has 2 saturated heterocycles. The topological polar surface area (TPSA) is 160 Å². The minimum atomic E-state index is -2.10. The number of hydrogen-bond donors (Lipinski definition) is 4. The van der Waals surface area contributed by atoms with Crippen molar-refractivity contribution < 1.29 is 49.0 Å². The van der Waals surface area contributed by atoms with E-state index in [1.54, 1.807) is 20.8 Å². The van der Waals surface area contributed by atoms with Crippen LogP contribution in [0.15, 0.2) is 11.6 Å². The Labute approximate surface area is 196 Å². The number of aliphatic hydroxyl groups excluding tert-OH is 3. The van der Waals surface area contributed by atoms with E-state index in [1.807, 2.05) is 0 Å². The average Bonchev–Trinajstić information content (AvgIpc) is 3.08. The molecule has 2 aliphatic heterocycles. The van der Waals surface area contributed by atoms with Crippen molar-refractivity contribution in [1.29, 1.82) is 0 Å². The summed E-state index contributed by atoms with van der Waals surface area (Å²) in [6, 6.07) is 0. The number of rotatable bonds is 3. The second-order valence-electron chi connectivity index (χ2n) is 11.1. The van der Waals surface area contributed by atoms with Crippen LogP contribution in [0.25, 0.3) is 0 Å². The number of allylic oxidation sites excluding steroid dienone is 1. The van der Waals surface area contributed by atoms with Crippen molar-refractivity contribution in [2.24, 2.45) is 40.4 Å². The molecule has 5 rings (SSSR count). The Morgan fingerprint density at radius 2 is 2.00 bits per heavy atom. The molecule has 0 amide bonds. The number of carbonyl (C=O) groups excluding carboxylic acids is 3. The second-order valence-corrected chi connectivity index (χ2v) is 11.1. The van der Waals surface area contributed by atoms with Gasteiger partial charge in [0.05, 0.1) is 19.1 Å². The Hall–Kier alpha value is -1.85. The molecule has 4 N–H and O–H groups in total. The summed E-state index contributed by atoms with van der Waals surface area (Å²) in [4.78, 5) is 38.5. The van der Waals surface area contributed by atoms with Crippen molar-refractivity contribution in [3.63, 3.8) is 0 Å². The first-order valence-electron chi connectivity index (χ1n) is 11.8.